The van der Waals surface area contributed by atoms with Crippen LogP contribution in [0, 0.1) is 12.8 Å². The molecule has 1 heterocycles. The van der Waals surface area contributed by atoms with Gasteiger partial charge in [-0.2, -0.15) is 5.10 Å². The maximum Gasteiger partial charge on any atom is 0.271 e. The molecule has 0 aliphatic carbocycles. The standard InChI is InChI=1S/C11H19N3O2/c1-7(2)11(4,16)6-12-10(15)9-5-8(3)13-14-9/h5,7,16H,6H2,1-4H3,(H,12,15)(H,13,14). The zero-order valence-corrected chi connectivity index (χ0v) is 10.2. The van der Waals surface area contributed by atoms with Gasteiger partial charge in [-0.25, -0.2) is 0 Å². The van der Waals surface area contributed by atoms with Gasteiger partial charge in [0.25, 0.3) is 5.91 Å². The minimum Gasteiger partial charge on any atom is -0.388 e. The Morgan fingerprint density at radius 3 is 2.75 bits per heavy atom. The summed E-state index contributed by atoms with van der Waals surface area (Å²) in [6.45, 7) is 7.56. The number of aromatic amines is 1. The van der Waals surface area contributed by atoms with Gasteiger partial charge in [0, 0.05) is 12.2 Å². The van der Waals surface area contributed by atoms with Crippen LogP contribution < -0.4 is 5.32 Å². The van der Waals surface area contributed by atoms with Gasteiger partial charge in [-0.3, -0.25) is 9.89 Å². The van der Waals surface area contributed by atoms with Crippen LogP contribution in [0.2, 0.25) is 0 Å². The Labute approximate surface area is 95.3 Å². The highest BCUT2D eigenvalue weighted by Crippen LogP contribution is 2.14. The van der Waals surface area contributed by atoms with E-state index in [2.05, 4.69) is 15.5 Å². The van der Waals surface area contributed by atoms with Crippen molar-refractivity contribution in [2.45, 2.75) is 33.3 Å². The summed E-state index contributed by atoms with van der Waals surface area (Å²) in [5.41, 5.74) is 0.277. The van der Waals surface area contributed by atoms with E-state index < -0.39 is 5.60 Å². The fourth-order valence-corrected chi connectivity index (χ4v) is 1.09. The average molecular weight is 225 g/mol. The highest BCUT2D eigenvalue weighted by molar-refractivity contribution is 5.92. The first kappa shape index (κ1) is 12.7. The summed E-state index contributed by atoms with van der Waals surface area (Å²) >= 11 is 0. The normalized spacial score (nSPS) is 14.9. The van der Waals surface area contributed by atoms with Crippen LogP contribution >= 0.6 is 0 Å². The van der Waals surface area contributed by atoms with Crippen LogP contribution in [0.3, 0.4) is 0 Å². The van der Waals surface area contributed by atoms with Gasteiger partial charge in [0.15, 0.2) is 0 Å². The summed E-state index contributed by atoms with van der Waals surface area (Å²) in [6.07, 6.45) is 0. The van der Waals surface area contributed by atoms with Crippen LogP contribution in [0.4, 0.5) is 0 Å². The quantitative estimate of drug-likeness (QED) is 0.711. The molecule has 1 aromatic heterocycles. The largest absolute Gasteiger partial charge is 0.388 e. The molecule has 1 unspecified atom stereocenters. The number of carbonyl (C=O) groups is 1. The predicted octanol–water partition coefficient (Wildman–Crippen LogP) is 0.855. The second kappa shape index (κ2) is 4.65. The van der Waals surface area contributed by atoms with Crippen molar-refractivity contribution in [2.75, 3.05) is 6.54 Å². The molecule has 1 rings (SSSR count). The van der Waals surface area contributed by atoms with Crippen LogP contribution in [0.25, 0.3) is 0 Å². The number of aromatic nitrogens is 2. The molecule has 5 heteroatoms. The molecule has 0 aliphatic rings. The number of aliphatic hydroxyl groups is 1. The van der Waals surface area contributed by atoms with Gasteiger partial charge in [-0.1, -0.05) is 13.8 Å². The third-order valence-electron chi connectivity index (χ3n) is 2.79. The Hall–Kier alpha value is -1.36. The fourth-order valence-electron chi connectivity index (χ4n) is 1.09. The lowest BCUT2D eigenvalue weighted by Crippen LogP contribution is -2.44. The molecule has 1 aromatic rings. The molecule has 1 atom stereocenters. The van der Waals surface area contributed by atoms with Gasteiger partial charge in [0.05, 0.1) is 5.60 Å². The SMILES string of the molecule is Cc1cc(C(=O)NCC(C)(O)C(C)C)n[nH]1. The van der Waals surface area contributed by atoms with E-state index in [1.165, 1.54) is 0 Å². The molecule has 3 N–H and O–H groups in total. The smallest absolute Gasteiger partial charge is 0.271 e. The van der Waals surface area contributed by atoms with Gasteiger partial charge >= 0.3 is 0 Å². The second-order valence-electron chi connectivity index (χ2n) is 4.63. The minimum atomic E-state index is -0.902. The van der Waals surface area contributed by atoms with E-state index in [0.29, 0.717) is 5.69 Å². The molecule has 90 valence electrons. The molecule has 0 aliphatic heterocycles. The van der Waals surface area contributed by atoms with E-state index in [4.69, 9.17) is 0 Å². The lowest BCUT2D eigenvalue weighted by molar-refractivity contribution is 0.0142. The second-order valence-corrected chi connectivity index (χ2v) is 4.63. The molecule has 0 aromatic carbocycles. The Balaban J connectivity index is 2.54. The molecule has 16 heavy (non-hydrogen) atoms. The van der Waals surface area contributed by atoms with Crippen molar-refractivity contribution in [2.24, 2.45) is 5.92 Å². The molecule has 0 saturated carbocycles. The van der Waals surface area contributed by atoms with Crippen molar-refractivity contribution in [3.05, 3.63) is 17.5 Å². The fraction of sp³-hybridized carbons (Fsp3) is 0.636. The summed E-state index contributed by atoms with van der Waals surface area (Å²) in [4.78, 5) is 11.6. The number of amides is 1. The van der Waals surface area contributed by atoms with Gasteiger partial charge in [-0.15, -0.1) is 0 Å². The number of hydrogen-bond acceptors (Lipinski definition) is 3. The maximum atomic E-state index is 11.6. The molecule has 5 nitrogen and oxygen atoms in total. The average Bonchev–Trinajstić information content (AvgIpc) is 2.61. The van der Waals surface area contributed by atoms with Crippen molar-refractivity contribution in [1.29, 1.82) is 0 Å². The van der Waals surface area contributed by atoms with E-state index in [-0.39, 0.29) is 18.4 Å². The Morgan fingerprint density at radius 2 is 2.31 bits per heavy atom. The number of aryl methyl sites for hydroxylation is 1. The summed E-state index contributed by atoms with van der Waals surface area (Å²) in [7, 11) is 0. The van der Waals surface area contributed by atoms with Crippen molar-refractivity contribution in [3.63, 3.8) is 0 Å². The van der Waals surface area contributed by atoms with Crippen LogP contribution in [-0.2, 0) is 0 Å². The van der Waals surface area contributed by atoms with E-state index in [1.54, 1.807) is 13.0 Å². The number of hydrogen-bond donors (Lipinski definition) is 3. The molecule has 0 bridgehead atoms. The highest BCUT2D eigenvalue weighted by atomic mass is 16.3. The van der Waals surface area contributed by atoms with Gasteiger partial charge < -0.3 is 10.4 Å². The van der Waals surface area contributed by atoms with Crippen molar-refractivity contribution >= 4 is 5.91 Å². The Kier molecular flexibility index (Phi) is 3.70. The molecule has 0 fully saturated rings. The first-order valence-electron chi connectivity index (χ1n) is 5.35. The Morgan fingerprint density at radius 1 is 1.69 bits per heavy atom. The molecular formula is C11H19N3O2. The number of rotatable bonds is 4. The molecule has 0 saturated heterocycles. The van der Waals surface area contributed by atoms with E-state index in [9.17, 15) is 9.90 Å². The monoisotopic (exact) mass is 225 g/mol. The summed E-state index contributed by atoms with van der Waals surface area (Å²) in [5, 5.41) is 19.2. The lowest BCUT2D eigenvalue weighted by atomic mass is 9.92. The third-order valence-corrected chi connectivity index (χ3v) is 2.79. The van der Waals surface area contributed by atoms with Crippen molar-refractivity contribution in [3.8, 4) is 0 Å². The predicted molar refractivity (Wildman–Crippen MR) is 61.1 cm³/mol. The number of nitrogens with zero attached hydrogens (tertiary/aromatic N) is 1. The molecular weight excluding hydrogens is 206 g/mol. The lowest BCUT2D eigenvalue weighted by Gasteiger charge is -2.27. The van der Waals surface area contributed by atoms with Crippen LogP contribution in [0.5, 0.6) is 0 Å². The van der Waals surface area contributed by atoms with E-state index in [0.717, 1.165) is 5.69 Å². The van der Waals surface area contributed by atoms with Crippen LogP contribution in [0.15, 0.2) is 6.07 Å². The zero-order valence-electron chi connectivity index (χ0n) is 10.2. The third kappa shape index (κ3) is 3.06. The van der Waals surface area contributed by atoms with E-state index in [1.807, 2.05) is 20.8 Å². The summed E-state index contributed by atoms with van der Waals surface area (Å²) in [6, 6.07) is 1.67. The van der Waals surface area contributed by atoms with Crippen LogP contribution in [-0.4, -0.2) is 33.4 Å². The number of H-pyrrole nitrogens is 1. The van der Waals surface area contributed by atoms with Gasteiger partial charge in [-0.05, 0) is 25.8 Å². The van der Waals surface area contributed by atoms with Gasteiger partial charge in [0.1, 0.15) is 5.69 Å². The first-order chi connectivity index (χ1) is 7.33. The highest BCUT2D eigenvalue weighted by Gasteiger charge is 2.25. The molecule has 1 amide bonds. The van der Waals surface area contributed by atoms with E-state index >= 15 is 0 Å². The zero-order chi connectivity index (χ0) is 12.3. The topological polar surface area (TPSA) is 78.0 Å². The van der Waals surface area contributed by atoms with Crippen molar-refractivity contribution < 1.29 is 9.90 Å². The first-order valence-corrected chi connectivity index (χ1v) is 5.35. The summed E-state index contributed by atoms with van der Waals surface area (Å²) < 4.78 is 0. The Bertz CT molecular complexity index is 369. The molecule has 0 spiro atoms. The minimum absolute atomic E-state index is 0.0775. The summed E-state index contributed by atoms with van der Waals surface area (Å²) in [5.74, 6) is -0.195. The van der Waals surface area contributed by atoms with Crippen molar-refractivity contribution in [1.82, 2.24) is 15.5 Å². The maximum absolute atomic E-state index is 11.6. The van der Waals surface area contributed by atoms with Gasteiger partial charge in [0.2, 0.25) is 0 Å². The number of nitrogens with one attached hydrogen (secondary N) is 2. The number of carbonyl (C=O) groups excluding carboxylic acids is 1. The molecule has 0 radical (unpaired) electrons. The van der Waals surface area contributed by atoms with Crippen LogP contribution in [0.1, 0.15) is 37.0 Å².